The monoisotopic (exact) mass is 1450 g/mol. The molecule has 0 bridgehead atoms. The predicted molar refractivity (Wildman–Crippen MR) is 184 cm³/mol. The van der Waals surface area contributed by atoms with Crippen molar-refractivity contribution in [3.8, 4) is 5.75 Å². The number of hydrogen-bond donors (Lipinski definition) is 0. The summed E-state index contributed by atoms with van der Waals surface area (Å²) in [5, 5.41) is 0. The SMILES string of the molecule is O=C(Oc1c(F)c(F)c(F)c(F)c1F)c1cccc[c]1[Sn]([CH2]CC(F)(F)C(F)(F)C(F)(F)C(F)(F)C(F)(F)C(F)(F)F)([CH2]CC(F)(F)C(F)(F)C(F)(F)C(F)(F)C(F)(F)C(F)(F)F)[CH2]CC(F)(F)C(F)(F)C(F)(F)C(F)(F)C(F)(F)C(F)(F)F. The van der Waals surface area contributed by atoms with Crippen molar-refractivity contribution in [2.75, 3.05) is 0 Å². The van der Waals surface area contributed by atoms with Gasteiger partial charge >= 0.3 is 435 Å². The Morgan fingerprint density at radius 3 is 0.762 bits per heavy atom. The van der Waals surface area contributed by atoms with Crippen LogP contribution in [0, 0.1) is 29.1 Å². The van der Waals surface area contributed by atoms with Crippen LogP contribution in [0.3, 0.4) is 0 Å². The van der Waals surface area contributed by atoms with E-state index in [0.29, 0.717) is 0 Å². The van der Waals surface area contributed by atoms with Gasteiger partial charge < -0.3 is 0 Å². The van der Waals surface area contributed by atoms with E-state index in [1.807, 2.05) is 0 Å². The van der Waals surface area contributed by atoms with E-state index in [2.05, 4.69) is 4.74 Å². The minimum atomic E-state index is -9.19. The number of ether oxygens (including phenoxy) is 1. The molecule has 488 valence electrons. The molecule has 0 radical (unpaired) electrons. The average molecular weight is 1450 g/mol. The molecule has 0 amide bonds. The van der Waals surface area contributed by atoms with Gasteiger partial charge in [0.05, 0.1) is 0 Å². The maximum atomic E-state index is 15.5. The number of hydrogen-bond acceptors (Lipinski definition) is 2. The van der Waals surface area contributed by atoms with E-state index < -0.39 is 220 Å². The Bertz CT molecular complexity index is 2490. The Morgan fingerprint density at radius 1 is 0.310 bits per heavy atom. The second-order valence-electron chi connectivity index (χ2n) is 17.1. The van der Waals surface area contributed by atoms with Crippen LogP contribution in [0.2, 0.25) is 13.3 Å². The van der Waals surface area contributed by atoms with Gasteiger partial charge in [-0.2, -0.15) is 0 Å². The van der Waals surface area contributed by atoms with Crippen LogP contribution in [0.15, 0.2) is 24.3 Å². The Morgan fingerprint density at radius 2 is 0.524 bits per heavy atom. The fraction of sp³-hybridized carbons (Fsp3) is 0.649. The van der Waals surface area contributed by atoms with Crippen molar-refractivity contribution in [1.82, 2.24) is 0 Å². The van der Waals surface area contributed by atoms with E-state index in [-0.39, 0.29) is 12.1 Å². The molecule has 2 rings (SSSR count). The summed E-state index contributed by atoms with van der Waals surface area (Å²) >= 11 is -9.19. The Hall–Kier alpha value is -4.37. The number of esters is 1. The molecule has 0 aromatic heterocycles. The zero-order valence-corrected chi connectivity index (χ0v) is 40.9. The van der Waals surface area contributed by atoms with E-state index >= 15 is 26.3 Å². The minimum absolute atomic E-state index is 0.111. The zero-order chi connectivity index (χ0) is 67.5. The van der Waals surface area contributed by atoms with Crippen LogP contribution in [0.4, 0.5) is 193 Å². The van der Waals surface area contributed by atoms with E-state index in [1.165, 1.54) is 0 Å². The van der Waals surface area contributed by atoms with Crippen LogP contribution in [0.1, 0.15) is 29.6 Å². The predicted octanol–water partition coefficient (Wildman–Crippen LogP) is 17.6. The molecular formula is C37H16F44O2Sn. The van der Waals surface area contributed by atoms with Crippen LogP contribution in [-0.4, -0.2) is 132 Å². The summed E-state index contributed by atoms with van der Waals surface area (Å²) in [4.78, 5) is 13.3. The normalized spacial score (nSPS) is 15.7. The molecule has 2 aromatic carbocycles. The fourth-order valence-electron chi connectivity index (χ4n) is 6.79. The summed E-state index contributed by atoms with van der Waals surface area (Å²) in [5.74, 6) is -155. The zero-order valence-electron chi connectivity index (χ0n) is 38.0. The molecule has 0 aliphatic carbocycles. The fourth-order valence-corrected chi connectivity index (χ4v) is 21.5. The van der Waals surface area contributed by atoms with Crippen molar-refractivity contribution in [1.29, 1.82) is 0 Å². The van der Waals surface area contributed by atoms with E-state index in [9.17, 15) is 172 Å². The summed E-state index contributed by atoms with van der Waals surface area (Å²) in [7, 11) is 0. The van der Waals surface area contributed by atoms with Crippen LogP contribution in [0.5, 0.6) is 5.75 Å². The number of alkyl halides is 39. The van der Waals surface area contributed by atoms with Crippen molar-refractivity contribution >= 4 is 27.9 Å². The Labute approximate surface area is 435 Å². The summed E-state index contributed by atoms with van der Waals surface area (Å²) in [5.41, 5.74) is -2.64. The molecule has 0 saturated heterocycles. The summed E-state index contributed by atoms with van der Waals surface area (Å²) in [6, 6.07) is -1.66. The Balaban J connectivity index is 3.42. The van der Waals surface area contributed by atoms with Gasteiger partial charge in [0.2, 0.25) is 0 Å². The van der Waals surface area contributed by atoms with Gasteiger partial charge in [-0.1, -0.05) is 0 Å². The summed E-state index contributed by atoms with van der Waals surface area (Å²) in [6.07, 6.45) is -38.2. The molecule has 0 atom stereocenters. The molecule has 0 aliphatic rings. The number of halogens is 44. The van der Waals surface area contributed by atoms with E-state index in [4.69, 9.17) is 0 Å². The molecule has 2 nitrogen and oxygen atoms in total. The van der Waals surface area contributed by atoms with Gasteiger partial charge in [0, 0.05) is 0 Å². The molecule has 84 heavy (non-hydrogen) atoms. The van der Waals surface area contributed by atoms with Crippen LogP contribution in [0.25, 0.3) is 0 Å². The molecule has 0 spiro atoms. The van der Waals surface area contributed by atoms with Crippen molar-refractivity contribution in [3.63, 3.8) is 0 Å². The molecule has 47 heteroatoms. The van der Waals surface area contributed by atoms with Crippen molar-refractivity contribution < 1.29 is 203 Å². The van der Waals surface area contributed by atoms with Crippen LogP contribution >= 0.6 is 0 Å². The second kappa shape index (κ2) is 21.7. The van der Waals surface area contributed by atoms with Gasteiger partial charge in [-0.25, -0.2) is 0 Å². The summed E-state index contributed by atoms with van der Waals surface area (Å²) < 4.78 is 611. The molecule has 0 heterocycles. The first-order valence-corrected chi connectivity index (χ1v) is 27.6. The molecule has 0 saturated carbocycles. The number of carbonyl (C=O) groups excluding carboxylic acids is 1. The third-order valence-corrected chi connectivity index (χ3v) is 26.7. The first kappa shape index (κ1) is 75.7. The van der Waals surface area contributed by atoms with Gasteiger partial charge in [-0.05, 0) is 0 Å². The molecule has 0 fully saturated rings. The maximum absolute atomic E-state index is 15.5. The molecule has 0 N–H and O–H groups in total. The number of rotatable bonds is 24. The molecular weight excluding hydrogens is 1430 g/mol. The second-order valence-corrected chi connectivity index (χ2v) is 30.2. The molecule has 0 unspecified atom stereocenters. The molecule has 2 aromatic rings. The first-order chi connectivity index (χ1) is 36.4. The van der Waals surface area contributed by atoms with Crippen LogP contribution in [-0.2, 0) is 0 Å². The van der Waals surface area contributed by atoms with E-state index in [0.717, 1.165) is 0 Å². The first-order valence-electron chi connectivity index (χ1n) is 20.1. The summed E-state index contributed by atoms with van der Waals surface area (Å²) in [6.45, 7) is 0. The van der Waals surface area contributed by atoms with Crippen molar-refractivity contribution in [2.24, 2.45) is 0 Å². The van der Waals surface area contributed by atoms with Gasteiger partial charge in [-0.3, -0.25) is 0 Å². The third kappa shape index (κ3) is 11.3. The van der Waals surface area contributed by atoms with Crippen LogP contribution < -0.4 is 8.32 Å². The third-order valence-electron chi connectivity index (χ3n) is 11.8. The number of benzene rings is 2. The average Bonchev–Trinajstić information content (AvgIpc) is 2.26. The standard InChI is InChI=1S/C13H4F5O2.3C8H4F13.Sn/c14-7-8(15)10(17)12(11(18)9(7)16)20-13(19)6-4-2-1-3-5-6;3*1-2-3(9,10)4(11,12)5(13,14)6(15,16)7(17,18)8(19,20)21;/h1-4H;3*1-2H2;. The van der Waals surface area contributed by atoms with Crippen molar-refractivity contribution in [2.45, 2.75) is 140 Å². The van der Waals surface area contributed by atoms with Gasteiger partial charge in [0.1, 0.15) is 0 Å². The quantitative estimate of drug-likeness (QED) is 0.0261. The van der Waals surface area contributed by atoms with Gasteiger partial charge in [0.25, 0.3) is 0 Å². The van der Waals surface area contributed by atoms with Gasteiger partial charge in [-0.15, -0.1) is 0 Å². The topological polar surface area (TPSA) is 26.3 Å². The van der Waals surface area contributed by atoms with Gasteiger partial charge in [0.15, 0.2) is 0 Å². The Kier molecular flexibility index (Phi) is 19.6. The van der Waals surface area contributed by atoms with Crippen molar-refractivity contribution in [3.05, 3.63) is 58.9 Å². The van der Waals surface area contributed by atoms with E-state index in [1.54, 1.807) is 0 Å². The molecule has 0 aliphatic heterocycles. The number of carbonyl (C=O) groups is 1.